The first kappa shape index (κ1) is 40.4. The summed E-state index contributed by atoms with van der Waals surface area (Å²) in [5.74, 6) is 1.26. The number of fused-ring (bicyclic) bond motifs is 2. The van der Waals surface area contributed by atoms with Crippen LogP contribution in [-0.2, 0) is 48.0 Å². The van der Waals surface area contributed by atoms with Gasteiger partial charge in [-0.3, -0.25) is 0 Å². The fourth-order valence-electron chi connectivity index (χ4n) is 9.87. The predicted molar refractivity (Wildman–Crippen MR) is 248 cm³/mol. The third kappa shape index (κ3) is 8.96. The van der Waals surface area contributed by atoms with Gasteiger partial charge in [-0.05, 0) is 129 Å². The van der Waals surface area contributed by atoms with Crippen molar-refractivity contribution in [3.8, 4) is 0 Å². The second-order valence-electron chi connectivity index (χ2n) is 18.4. The zero-order valence-electron chi connectivity index (χ0n) is 35.8. The zero-order valence-corrected chi connectivity index (χ0v) is 35.8. The molecule has 2 aliphatic heterocycles. The average Bonchev–Trinajstić information content (AvgIpc) is 3.23. The van der Waals surface area contributed by atoms with Crippen molar-refractivity contribution >= 4 is 16.3 Å². The Bertz CT molecular complexity index is 2740. The van der Waals surface area contributed by atoms with E-state index in [1.807, 2.05) is 12.1 Å². The van der Waals surface area contributed by atoms with Crippen LogP contribution in [0, 0.1) is 42.2 Å². The van der Waals surface area contributed by atoms with E-state index in [9.17, 15) is 0 Å². The first-order chi connectivity index (χ1) is 30.3. The molecule has 10 rings (SSSR count). The molecule has 6 aromatic rings. The van der Waals surface area contributed by atoms with Crippen LogP contribution in [0.1, 0.15) is 68.1 Å². The zero-order chi connectivity index (χ0) is 42.2. The second-order valence-corrected chi connectivity index (χ2v) is 18.4. The lowest BCUT2D eigenvalue weighted by Crippen LogP contribution is -2.29. The van der Waals surface area contributed by atoms with Gasteiger partial charge in [-0.15, -0.1) is 0 Å². The molecule has 2 fully saturated rings. The van der Waals surface area contributed by atoms with Crippen molar-refractivity contribution in [2.45, 2.75) is 52.4 Å². The Labute approximate surface area is 365 Å². The van der Waals surface area contributed by atoms with Crippen LogP contribution in [0.15, 0.2) is 157 Å². The van der Waals surface area contributed by atoms with Gasteiger partial charge in [0.25, 0.3) is 0 Å². The van der Waals surface area contributed by atoms with Crippen molar-refractivity contribution in [2.75, 3.05) is 26.4 Å². The Morgan fingerprint density at radius 2 is 1.08 bits per heavy atom. The fourth-order valence-corrected chi connectivity index (χ4v) is 9.87. The molecule has 62 heavy (non-hydrogen) atoms. The van der Waals surface area contributed by atoms with Gasteiger partial charge in [0.15, 0.2) is 0 Å². The van der Waals surface area contributed by atoms with Gasteiger partial charge >= 0.3 is 0 Å². The summed E-state index contributed by atoms with van der Waals surface area (Å²) in [5, 5.41) is 2.37. The maximum Gasteiger partial charge on any atom is 0.127 e. The maximum absolute atomic E-state index is 16.0. The lowest BCUT2D eigenvalue weighted by Gasteiger charge is -2.32. The predicted octanol–water partition coefficient (Wildman–Crippen LogP) is 12.9. The van der Waals surface area contributed by atoms with Gasteiger partial charge in [0, 0.05) is 36.5 Å². The van der Waals surface area contributed by atoms with E-state index in [1.54, 1.807) is 12.1 Å². The molecule has 2 atom stereocenters. The SMILES string of the molecule is CC1=CC2C=CC(Cc3ccc(Cc4ccc(CC5COC5)cc4)c(F)c3)=C(c3cc(Cc4ccc(Cc5ccc(CC6COC6)cc5)c(F)c4)cc4cc(C)ccc34)C2C=C1. The summed E-state index contributed by atoms with van der Waals surface area (Å²) in [6, 6.07) is 40.1. The molecule has 0 saturated carbocycles. The molecule has 312 valence electrons. The first-order valence-electron chi connectivity index (χ1n) is 22.4. The monoisotopic (exact) mass is 820 g/mol. The minimum Gasteiger partial charge on any atom is -0.381 e. The highest BCUT2D eigenvalue weighted by molar-refractivity contribution is 5.97. The van der Waals surface area contributed by atoms with Crippen molar-refractivity contribution < 1.29 is 18.3 Å². The normalized spacial score (nSPS) is 18.7. The number of allylic oxidation sites excluding steroid dienone is 8. The second kappa shape index (κ2) is 17.6. The van der Waals surface area contributed by atoms with E-state index in [1.165, 1.54) is 49.7 Å². The van der Waals surface area contributed by atoms with Gasteiger partial charge in [-0.1, -0.05) is 145 Å². The molecular formula is C58H54F2O2. The lowest BCUT2D eigenvalue weighted by atomic mass is 9.71. The Morgan fingerprint density at radius 3 is 1.65 bits per heavy atom. The van der Waals surface area contributed by atoms with E-state index >= 15 is 8.78 Å². The Hall–Kier alpha value is -5.68. The molecule has 2 unspecified atom stereocenters. The Balaban J connectivity index is 0.934. The van der Waals surface area contributed by atoms with Crippen LogP contribution < -0.4 is 0 Å². The summed E-state index contributed by atoms with van der Waals surface area (Å²) < 4.78 is 42.5. The molecule has 6 aromatic carbocycles. The summed E-state index contributed by atoms with van der Waals surface area (Å²) in [4.78, 5) is 0. The molecule has 2 saturated heterocycles. The van der Waals surface area contributed by atoms with Crippen LogP contribution in [0.3, 0.4) is 0 Å². The maximum atomic E-state index is 16.0. The van der Waals surface area contributed by atoms with Gasteiger partial charge in [-0.25, -0.2) is 8.78 Å². The molecule has 2 aliphatic carbocycles. The van der Waals surface area contributed by atoms with Gasteiger partial charge < -0.3 is 9.47 Å². The molecule has 0 radical (unpaired) electrons. The van der Waals surface area contributed by atoms with Gasteiger partial charge in [0.1, 0.15) is 11.6 Å². The smallest absolute Gasteiger partial charge is 0.127 e. The van der Waals surface area contributed by atoms with E-state index in [2.05, 4.69) is 135 Å². The van der Waals surface area contributed by atoms with Crippen LogP contribution in [-0.4, -0.2) is 26.4 Å². The highest BCUT2D eigenvalue weighted by Crippen LogP contribution is 2.45. The Kier molecular flexibility index (Phi) is 11.5. The van der Waals surface area contributed by atoms with Gasteiger partial charge in [0.05, 0.1) is 26.4 Å². The number of hydrogen-bond donors (Lipinski definition) is 0. The average molecular weight is 821 g/mol. The molecule has 2 heterocycles. The molecule has 0 aromatic heterocycles. The van der Waals surface area contributed by atoms with Crippen molar-refractivity contribution in [1.82, 2.24) is 0 Å². The third-order valence-electron chi connectivity index (χ3n) is 13.4. The largest absolute Gasteiger partial charge is 0.381 e. The summed E-state index contributed by atoms with van der Waals surface area (Å²) in [6.07, 6.45) is 16.0. The number of benzene rings is 6. The molecule has 0 spiro atoms. The number of aryl methyl sites for hydroxylation is 1. The van der Waals surface area contributed by atoms with Crippen LogP contribution in [0.5, 0.6) is 0 Å². The quantitative estimate of drug-likeness (QED) is 0.116. The minimum absolute atomic E-state index is 0.139. The van der Waals surface area contributed by atoms with Crippen LogP contribution in [0.4, 0.5) is 8.78 Å². The van der Waals surface area contributed by atoms with Crippen LogP contribution >= 0.6 is 0 Å². The van der Waals surface area contributed by atoms with Gasteiger partial charge in [-0.2, -0.15) is 0 Å². The summed E-state index contributed by atoms with van der Waals surface area (Å²) >= 11 is 0. The van der Waals surface area contributed by atoms with Gasteiger partial charge in [0.2, 0.25) is 0 Å². The Morgan fingerprint density at radius 1 is 0.516 bits per heavy atom. The number of hydrogen-bond acceptors (Lipinski definition) is 2. The summed E-state index contributed by atoms with van der Waals surface area (Å²) in [7, 11) is 0. The van der Waals surface area contributed by atoms with Crippen molar-refractivity contribution in [1.29, 1.82) is 0 Å². The summed E-state index contributed by atoms with van der Waals surface area (Å²) in [6.45, 7) is 7.68. The third-order valence-corrected chi connectivity index (χ3v) is 13.4. The molecule has 0 N–H and O–H groups in total. The topological polar surface area (TPSA) is 18.5 Å². The number of rotatable bonds is 13. The molecule has 0 amide bonds. The standard InChI is InChI=1S/C58H54F2O2/c1-37-4-20-54-48(21-37)17-18-51(28-44-14-16-50(57(60)32-44)27-42-11-7-40(8-12-42)24-47-35-62-36-47)58(54)55-30-45(29-52-22-38(2)3-19-53(52)55)25-43-13-15-49(56(59)31-43)26-41-9-5-39(6-10-41)23-46-33-61-34-46/h3-22,29-32,46-48,54H,23-28,33-36H2,1-2H3. The fraction of sp³-hybridized carbons (Fsp3) is 0.276. The molecule has 4 aliphatic rings. The lowest BCUT2D eigenvalue weighted by molar-refractivity contribution is -0.0312. The van der Waals surface area contributed by atoms with Crippen LogP contribution in [0.2, 0.25) is 0 Å². The summed E-state index contributed by atoms with van der Waals surface area (Å²) in [5.41, 5.74) is 15.4. The highest BCUT2D eigenvalue weighted by Gasteiger charge is 2.30. The molecule has 0 bridgehead atoms. The molecular weight excluding hydrogens is 767 g/mol. The molecule has 2 nitrogen and oxygen atoms in total. The first-order valence-corrected chi connectivity index (χ1v) is 22.4. The number of halogens is 2. The van der Waals surface area contributed by atoms with E-state index in [0.717, 1.165) is 67.1 Å². The van der Waals surface area contributed by atoms with Crippen LogP contribution in [0.25, 0.3) is 16.3 Å². The van der Waals surface area contributed by atoms with E-state index in [-0.39, 0.29) is 23.5 Å². The number of ether oxygens (including phenoxy) is 2. The van der Waals surface area contributed by atoms with E-state index < -0.39 is 0 Å². The highest BCUT2D eigenvalue weighted by atomic mass is 19.1. The molecule has 4 heteroatoms. The van der Waals surface area contributed by atoms with E-state index in [4.69, 9.17) is 9.47 Å². The van der Waals surface area contributed by atoms with Crippen molar-refractivity contribution in [2.24, 2.45) is 23.7 Å². The van der Waals surface area contributed by atoms with Crippen molar-refractivity contribution in [3.05, 3.63) is 230 Å². The van der Waals surface area contributed by atoms with Crippen molar-refractivity contribution in [3.63, 3.8) is 0 Å². The minimum atomic E-state index is -0.166. The van der Waals surface area contributed by atoms with E-state index in [0.29, 0.717) is 48.6 Å².